The average molecular weight is 146 g/mol. The Labute approximate surface area is 65.3 Å². The normalized spacial score (nSPS) is 10.6. The summed E-state index contributed by atoms with van der Waals surface area (Å²) in [5.41, 5.74) is 2.44. The van der Waals surface area contributed by atoms with Crippen molar-refractivity contribution < 1.29 is 0 Å². The highest BCUT2D eigenvalue weighted by molar-refractivity contribution is 5.81. The molecule has 0 aromatic carbocycles. The van der Waals surface area contributed by atoms with E-state index < -0.39 is 0 Å². The second-order valence-corrected chi connectivity index (χ2v) is 2.59. The third-order valence-electron chi connectivity index (χ3n) is 1.94. The maximum absolute atomic E-state index is 4.12. The van der Waals surface area contributed by atoms with Crippen LogP contribution >= 0.6 is 0 Å². The third kappa shape index (κ3) is 0.909. The van der Waals surface area contributed by atoms with Crippen LogP contribution < -0.4 is 0 Å². The summed E-state index contributed by atoms with van der Waals surface area (Å²) in [7, 11) is 0. The molecule has 2 nitrogen and oxygen atoms in total. The summed E-state index contributed by atoms with van der Waals surface area (Å²) in [4.78, 5) is 7.26. The summed E-state index contributed by atoms with van der Waals surface area (Å²) < 4.78 is 0. The zero-order valence-electron chi connectivity index (χ0n) is 6.46. The molecule has 0 saturated carbocycles. The molecule has 0 aliphatic heterocycles. The fourth-order valence-corrected chi connectivity index (χ4v) is 1.32. The fourth-order valence-electron chi connectivity index (χ4n) is 1.32. The van der Waals surface area contributed by atoms with Crippen molar-refractivity contribution in [3.05, 3.63) is 30.2 Å². The molecule has 0 aliphatic carbocycles. The summed E-state index contributed by atoms with van der Waals surface area (Å²) in [6.45, 7) is 2.14. The molecule has 0 fully saturated rings. The Morgan fingerprint density at radius 1 is 1.45 bits per heavy atom. The van der Waals surface area contributed by atoms with E-state index in [9.17, 15) is 0 Å². The van der Waals surface area contributed by atoms with E-state index in [1.54, 1.807) is 0 Å². The molecule has 0 atom stereocenters. The van der Waals surface area contributed by atoms with Crippen LogP contribution in [0.3, 0.4) is 0 Å². The molecule has 0 unspecified atom stereocenters. The molecule has 2 heterocycles. The molecule has 56 valence electrons. The number of aromatic nitrogens is 2. The lowest BCUT2D eigenvalue weighted by Crippen LogP contribution is -1.82. The lowest BCUT2D eigenvalue weighted by Gasteiger charge is -1.95. The minimum absolute atomic E-state index is 1.04. The summed E-state index contributed by atoms with van der Waals surface area (Å²) in [6.07, 6.45) is 6.78. The van der Waals surface area contributed by atoms with E-state index in [4.69, 9.17) is 0 Å². The Bertz CT molecular complexity index is 362. The summed E-state index contributed by atoms with van der Waals surface area (Å²) in [5, 5.41) is 1.29. The van der Waals surface area contributed by atoms with Crippen LogP contribution in [0.5, 0.6) is 0 Å². The van der Waals surface area contributed by atoms with E-state index in [1.807, 2.05) is 18.6 Å². The molecule has 0 spiro atoms. The van der Waals surface area contributed by atoms with Crippen LogP contribution in [0, 0.1) is 0 Å². The van der Waals surface area contributed by atoms with Gasteiger partial charge in [0.1, 0.15) is 0 Å². The van der Waals surface area contributed by atoms with Crippen molar-refractivity contribution in [3.63, 3.8) is 0 Å². The maximum Gasteiger partial charge on any atom is 0.0643 e. The van der Waals surface area contributed by atoms with Crippen LogP contribution in [0.2, 0.25) is 0 Å². The molecule has 0 radical (unpaired) electrons. The van der Waals surface area contributed by atoms with Gasteiger partial charge in [-0.2, -0.15) is 0 Å². The quantitative estimate of drug-likeness (QED) is 0.656. The number of aryl methyl sites for hydroxylation is 1. The van der Waals surface area contributed by atoms with Gasteiger partial charge in [-0.05, 0) is 18.1 Å². The van der Waals surface area contributed by atoms with Crippen LogP contribution in [0.1, 0.15) is 12.5 Å². The number of nitrogens with zero attached hydrogens (tertiary/aromatic N) is 1. The van der Waals surface area contributed by atoms with Gasteiger partial charge < -0.3 is 4.98 Å². The zero-order valence-corrected chi connectivity index (χ0v) is 6.46. The van der Waals surface area contributed by atoms with Gasteiger partial charge in [-0.25, -0.2) is 0 Å². The van der Waals surface area contributed by atoms with Gasteiger partial charge in [0, 0.05) is 17.8 Å². The average Bonchev–Trinajstić information content (AvgIpc) is 2.50. The van der Waals surface area contributed by atoms with E-state index in [1.165, 1.54) is 10.9 Å². The predicted octanol–water partition coefficient (Wildman–Crippen LogP) is 2.13. The van der Waals surface area contributed by atoms with Crippen LogP contribution in [-0.4, -0.2) is 9.97 Å². The number of nitrogens with one attached hydrogen (secondary N) is 1. The largest absolute Gasteiger partial charge is 0.360 e. The number of pyridine rings is 1. The SMILES string of the molecule is CCc1cncc2[nH]ccc12. The van der Waals surface area contributed by atoms with Gasteiger partial charge in [0.25, 0.3) is 0 Å². The molecule has 0 bridgehead atoms. The zero-order chi connectivity index (χ0) is 7.68. The van der Waals surface area contributed by atoms with Crippen molar-refractivity contribution >= 4 is 10.9 Å². The molecular formula is C9H10N2. The lowest BCUT2D eigenvalue weighted by molar-refractivity contribution is 1.13. The molecule has 2 heteroatoms. The fraction of sp³-hybridized carbons (Fsp3) is 0.222. The van der Waals surface area contributed by atoms with Gasteiger partial charge in [-0.3, -0.25) is 4.98 Å². The van der Waals surface area contributed by atoms with Crippen molar-refractivity contribution in [1.29, 1.82) is 0 Å². The van der Waals surface area contributed by atoms with E-state index in [2.05, 4.69) is 23.0 Å². The summed E-state index contributed by atoms with van der Waals surface area (Å²) >= 11 is 0. The van der Waals surface area contributed by atoms with Crippen LogP contribution in [0.15, 0.2) is 24.7 Å². The molecule has 0 saturated heterocycles. The van der Waals surface area contributed by atoms with Crippen molar-refractivity contribution in [3.8, 4) is 0 Å². The molecule has 1 N–H and O–H groups in total. The topological polar surface area (TPSA) is 28.7 Å². The van der Waals surface area contributed by atoms with Gasteiger partial charge in [0.15, 0.2) is 0 Å². The highest BCUT2D eigenvalue weighted by Crippen LogP contribution is 2.15. The van der Waals surface area contributed by atoms with Crippen molar-refractivity contribution in [2.45, 2.75) is 13.3 Å². The lowest BCUT2D eigenvalue weighted by atomic mass is 10.1. The number of H-pyrrole nitrogens is 1. The number of hydrogen-bond donors (Lipinski definition) is 1. The molecule has 2 aromatic rings. The Kier molecular flexibility index (Phi) is 1.39. The van der Waals surface area contributed by atoms with Crippen LogP contribution in [0.25, 0.3) is 10.9 Å². The van der Waals surface area contributed by atoms with Gasteiger partial charge in [-0.15, -0.1) is 0 Å². The number of fused-ring (bicyclic) bond motifs is 1. The van der Waals surface area contributed by atoms with Crippen LogP contribution in [0.4, 0.5) is 0 Å². The first-order valence-electron chi connectivity index (χ1n) is 3.82. The maximum atomic E-state index is 4.12. The highest BCUT2D eigenvalue weighted by atomic mass is 14.7. The van der Waals surface area contributed by atoms with Crippen molar-refractivity contribution in [1.82, 2.24) is 9.97 Å². The van der Waals surface area contributed by atoms with Gasteiger partial charge >= 0.3 is 0 Å². The Morgan fingerprint density at radius 2 is 2.36 bits per heavy atom. The number of rotatable bonds is 1. The molecule has 2 aromatic heterocycles. The van der Waals surface area contributed by atoms with E-state index in [0.717, 1.165) is 11.9 Å². The first kappa shape index (κ1) is 6.40. The smallest absolute Gasteiger partial charge is 0.0643 e. The van der Waals surface area contributed by atoms with Gasteiger partial charge in [0.2, 0.25) is 0 Å². The van der Waals surface area contributed by atoms with E-state index in [-0.39, 0.29) is 0 Å². The molecular weight excluding hydrogens is 136 g/mol. The molecule has 0 aliphatic rings. The molecule has 2 rings (SSSR count). The van der Waals surface area contributed by atoms with Gasteiger partial charge in [0.05, 0.1) is 11.7 Å². The Balaban J connectivity index is 2.79. The minimum Gasteiger partial charge on any atom is -0.360 e. The second-order valence-electron chi connectivity index (χ2n) is 2.59. The second kappa shape index (κ2) is 2.38. The predicted molar refractivity (Wildman–Crippen MR) is 45.5 cm³/mol. The van der Waals surface area contributed by atoms with Gasteiger partial charge in [-0.1, -0.05) is 6.92 Å². The highest BCUT2D eigenvalue weighted by Gasteiger charge is 1.98. The number of hydrogen-bond acceptors (Lipinski definition) is 1. The molecule has 0 amide bonds. The minimum atomic E-state index is 1.04. The Hall–Kier alpha value is -1.31. The monoisotopic (exact) mass is 146 g/mol. The Morgan fingerprint density at radius 3 is 3.18 bits per heavy atom. The van der Waals surface area contributed by atoms with E-state index >= 15 is 0 Å². The summed E-state index contributed by atoms with van der Waals surface area (Å²) in [6, 6.07) is 2.09. The van der Waals surface area contributed by atoms with Crippen LogP contribution in [-0.2, 0) is 6.42 Å². The first-order chi connectivity index (χ1) is 5.42. The standard InChI is InChI=1S/C9H10N2/c1-2-7-5-10-6-9-8(7)3-4-11-9/h3-6,11H,2H2,1H3. The third-order valence-corrected chi connectivity index (χ3v) is 1.94. The van der Waals surface area contributed by atoms with Crippen molar-refractivity contribution in [2.75, 3.05) is 0 Å². The number of aromatic amines is 1. The van der Waals surface area contributed by atoms with E-state index in [0.29, 0.717) is 0 Å². The van der Waals surface area contributed by atoms with Crippen molar-refractivity contribution in [2.24, 2.45) is 0 Å². The summed E-state index contributed by atoms with van der Waals surface area (Å²) in [5.74, 6) is 0. The first-order valence-corrected chi connectivity index (χ1v) is 3.82. The molecule has 11 heavy (non-hydrogen) atoms.